The number of likely N-dealkylation sites (N-methyl/N-ethyl adjacent to an activating group) is 1. The van der Waals surface area contributed by atoms with Crippen LogP contribution in [0.25, 0.3) is 0 Å². The lowest BCUT2D eigenvalue weighted by molar-refractivity contribution is 0.0471. The monoisotopic (exact) mass is 309 g/mol. The molecule has 4 nitrogen and oxygen atoms in total. The largest absolute Gasteiger partial charge is 0.490 e. The van der Waals surface area contributed by atoms with E-state index in [9.17, 15) is 0 Å². The van der Waals surface area contributed by atoms with Crippen molar-refractivity contribution in [2.45, 2.75) is 25.5 Å². The lowest BCUT2D eigenvalue weighted by Gasteiger charge is -2.31. The van der Waals surface area contributed by atoms with E-state index in [2.05, 4.69) is 24.4 Å². The van der Waals surface area contributed by atoms with Gasteiger partial charge in [-0.25, -0.2) is 0 Å². The number of nitrogens with one attached hydrogen (secondary N) is 1. The van der Waals surface area contributed by atoms with Crippen LogP contribution in [0.2, 0.25) is 0 Å². The number of benzene rings is 1. The topological polar surface area (TPSA) is 39.7 Å². The minimum Gasteiger partial charge on any atom is -0.490 e. The fourth-order valence-corrected chi connectivity index (χ4v) is 3.66. The summed E-state index contributed by atoms with van der Waals surface area (Å²) in [4.78, 5) is 0. The van der Waals surface area contributed by atoms with Crippen molar-refractivity contribution in [3.8, 4) is 11.5 Å². The van der Waals surface area contributed by atoms with Gasteiger partial charge in [-0.15, -0.1) is 0 Å². The van der Waals surface area contributed by atoms with Gasteiger partial charge in [0.15, 0.2) is 11.5 Å². The van der Waals surface area contributed by atoms with E-state index in [4.69, 9.17) is 14.2 Å². The van der Waals surface area contributed by atoms with E-state index in [0.29, 0.717) is 0 Å². The molecule has 1 aromatic rings. The van der Waals surface area contributed by atoms with Crippen molar-refractivity contribution in [2.24, 2.45) is 0 Å². The predicted molar refractivity (Wildman–Crippen MR) is 85.5 cm³/mol. The van der Waals surface area contributed by atoms with Crippen molar-refractivity contribution >= 4 is 11.8 Å². The number of thioether (sulfide) groups is 1. The van der Waals surface area contributed by atoms with Gasteiger partial charge >= 0.3 is 0 Å². The molecule has 1 aromatic carbocycles. The van der Waals surface area contributed by atoms with Gasteiger partial charge in [0.2, 0.25) is 0 Å². The first-order chi connectivity index (χ1) is 10.4. The Morgan fingerprint density at radius 3 is 2.86 bits per heavy atom. The third kappa shape index (κ3) is 3.65. The highest BCUT2D eigenvalue weighted by atomic mass is 32.2. The van der Waals surface area contributed by atoms with E-state index in [1.807, 2.05) is 17.8 Å². The molecule has 0 aromatic heterocycles. The van der Waals surface area contributed by atoms with Crippen LogP contribution in [0.4, 0.5) is 0 Å². The van der Waals surface area contributed by atoms with Gasteiger partial charge in [0.05, 0.1) is 32.0 Å². The van der Waals surface area contributed by atoms with Crippen molar-refractivity contribution < 1.29 is 14.2 Å². The Morgan fingerprint density at radius 1 is 1.24 bits per heavy atom. The molecule has 116 valence electrons. The molecule has 0 amide bonds. The van der Waals surface area contributed by atoms with Crippen molar-refractivity contribution in [3.63, 3.8) is 0 Å². The normalized spacial score (nSPS) is 23.4. The van der Waals surface area contributed by atoms with Crippen LogP contribution in [0.15, 0.2) is 18.2 Å². The molecule has 0 bridgehead atoms. The third-order valence-corrected chi connectivity index (χ3v) is 4.79. The molecular weight excluding hydrogens is 286 g/mol. The molecule has 0 aliphatic carbocycles. The second-order valence-corrected chi connectivity index (χ2v) is 6.43. The van der Waals surface area contributed by atoms with Crippen molar-refractivity contribution in [1.82, 2.24) is 5.32 Å². The zero-order valence-corrected chi connectivity index (χ0v) is 13.3. The van der Waals surface area contributed by atoms with Gasteiger partial charge in [0, 0.05) is 17.9 Å². The third-order valence-electron chi connectivity index (χ3n) is 3.77. The first-order valence-corrected chi connectivity index (χ1v) is 8.86. The maximum absolute atomic E-state index is 5.96. The van der Waals surface area contributed by atoms with Crippen LogP contribution < -0.4 is 14.8 Å². The Balaban J connectivity index is 1.82. The Labute approximate surface area is 130 Å². The van der Waals surface area contributed by atoms with Crippen LogP contribution in [0.1, 0.15) is 24.9 Å². The number of hydrogen-bond donors (Lipinski definition) is 1. The van der Waals surface area contributed by atoms with Crippen LogP contribution in [0.5, 0.6) is 11.5 Å². The summed E-state index contributed by atoms with van der Waals surface area (Å²) in [7, 11) is 0. The molecule has 2 atom stereocenters. The van der Waals surface area contributed by atoms with Gasteiger partial charge in [-0.2, -0.15) is 11.8 Å². The molecule has 2 heterocycles. The number of rotatable bonds is 4. The highest BCUT2D eigenvalue weighted by Crippen LogP contribution is 2.34. The second kappa shape index (κ2) is 7.38. The highest BCUT2D eigenvalue weighted by molar-refractivity contribution is 7.99. The summed E-state index contributed by atoms with van der Waals surface area (Å²) in [5.74, 6) is 3.84. The van der Waals surface area contributed by atoms with Crippen molar-refractivity contribution in [3.05, 3.63) is 23.8 Å². The fraction of sp³-hybridized carbons (Fsp3) is 0.625. The van der Waals surface area contributed by atoms with E-state index in [0.717, 1.165) is 55.8 Å². The van der Waals surface area contributed by atoms with E-state index < -0.39 is 0 Å². The summed E-state index contributed by atoms with van der Waals surface area (Å²) in [6, 6.07) is 6.47. The zero-order chi connectivity index (χ0) is 14.5. The Morgan fingerprint density at radius 2 is 2.10 bits per heavy atom. The molecule has 21 heavy (non-hydrogen) atoms. The van der Waals surface area contributed by atoms with Gasteiger partial charge in [-0.05, 0) is 24.2 Å². The van der Waals surface area contributed by atoms with Crippen LogP contribution in [0.3, 0.4) is 0 Å². The number of hydrogen-bond acceptors (Lipinski definition) is 5. The summed E-state index contributed by atoms with van der Waals surface area (Å²) < 4.78 is 17.5. The number of fused-ring (bicyclic) bond motifs is 1. The van der Waals surface area contributed by atoms with E-state index in [-0.39, 0.29) is 12.1 Å². The zero-order valence-electron chi connectivity index (χ0n) is 12.5. The lowest BCUT2D eigenvalue weighted by atomic mass is 10.0. The van der Waals surface area contributed by atoms with Crippen molar-refractivity contribution in [2.75, 3.05) is 37.9 Å². The van der Waals surface area contributed by atoms with Gasteiger partial charge < -0.3 is 19.5 Å². The molecule has 1 N–H and O–H groups in total. The maximum atomic E-state index is 5.96. The summed E-state index contributed by atoms with van der Waals surface area (Å²) in [5, 5.41) is 3.56. The van der Waals surface area contributed by atoms with Gasteiger partial charge in [-0.1, -0.05) is 13.0 Å². The van der Waals surface area contributed by atoms with Crippen LogP contribution in [-0.2, 0) is 4.74 Å². The highest BCUT2D eigenvalue weighted by Gasteiger charge is 2.26. The minimum absolute atomic E-state index is 0.208. The van der Waals surface area contributed by atoms with E-state index >= 15 is 0 Å². The number of ether oxygens (including phenoxy) is 3. The molecule has 1 fully saturated rings. The summed E-state index contributed by atoms with van der Waals surface area (Å²) >= 11 is 1.96. The van der Waals surface area contributed by atoms with E-state index in [1.54, 1.807) is 0 Å². The first kappa shape index (κ1) is 15.0. The Hall–Kier alpha value is -0.910. The molecule has 0 spiro atoms. The summed E-state index contributed by atoms with van der Waals surface area (Å²) in [6.07, 6.45) is 1.15. The average molecular weight is 309 g/mol. The van der Waals surface area contributed by atoms with Gasteiger partial charge in [-0.3, -0.25) is 0 Å². The van der Waals surface area contributed by atoms with Crippen LogP contribution in [-0.4, -0.2) is 44.0 Å². The predicted octanol–water partition coefficient (Wildman–Crippen LogP) is 2.63. The van der Waals surface area contributed by atoms with Gasteiger partial charge in [0.1, 0.15) is 0 Å². The van der Waals surface area contributed by atoms with E-state index in [1.165, 1.54) is 5.56 Å². The summed E-state index contributed by atoms with van der Waals surface area (Å²) in [6.45, 7) is 5.33. The quantitative estimate of drug-likeness (QED) is 0.926. The molecule has 2 unspecified atom stereocenters. The minimum atomic E-state index is 0.208. The molecule has 3 rings (SSSR count). The molecule has 1 saturated heterocycles. The van der Waals surface area contributed by atoms with Crippen LogP contribution >= 0.6 is 11.8 Å². The molecular formula is C16H23NO3S. The molecule has 0 radical (unpaired) electrons. The lowest BCUT2D eigenvalue weighted by Crippen LogP contribution is -2.38. The maximum Gasteiger partial charge on any atom is 0.161 e. The average Bonchev–Trinajstić information content (AvgIpc) is 2.78. The molecule has 0 saturated carbocycles. The standard InChI is InChI=1S/C16H23NO3S/c1-2-17-16(15-11-21-9-8-20-15)12-4-5-13-14(10-12)19-7-3-6-18-13/h4-5,10,15-17H,2-3,6-9,11H2,1H3. The van der Waals surface area contributed by atoms with Crippen molar-refractivity contribution in [1.29, 1.82) is 0 Å². The molecule has 2 aliphatic rings. The Bertz CT molecular complexity index is 463. The molecule has 2 aliphatic heterocycles. The van der Waals surface area contributed by atoms with Gasteiger partial charge in [0.25, 0.3) is 0 Å². The SMILES string of the molecule is CCNC(c1ccc2c(c1)OCCCO2)C1CSCCO1. The smallest absolute Gasteiger partial charge is 0.161 e. The first-order valence-electron chi connectivity index (χ1n) is 7.70. The summed E-state index contributed by atoms with van der Waals surface area (Å²) in [5.41, 5.74) is 1.22. The second-order valence-electron chi connectivity index (χ2n) is 5.28. The Kier molecular flexibility index (Phi) is 5.27. The molecule has 5 heteroatoms. The fourth-order valence-electron chi connectivity index (χ4n) is 2.76. The van der Waals surface area contributed by atoms with Crippen LogP contribution in [0, 0.1) is 0 Å².